The van der Waals surface area contributed by atoms with E-state index in [9.17, 15) is 4.79 Å². The fraction of sp³-hybridized carbons (Fsp3) is 0.273. The number of aromatic nitrogens is 1. The zero-order chi connectivity index (χ0) is 20.8. The summed E-state index contributed by atoms with van der Waals surface area (Å²) in [5.74, 6) is 1.31. The molecule has 1 amide bonds. The van der Waals surface area contributed by atoms with Gasteiger partial charge in [-0.25, -0.2) is 0 Å². The van der Waals surface area contributed by atoms with Crippen LogP contribution < -0.4 is 14.8 Å². The highest BCUT2D eigenvalue weighted by Gasteiger charge is 2.11. The number of aryl methyl sites for hydroxylation is 1. The van der Waals surface area contributed by atoms with Crippen LogP contribution >= 0.6 is 23.6 Å². The van der Waals surface area contributed by atoms with Crippen LogP contribution in [0.5, 0.6) is 11.5 Å². The summed E-state index contributed by atoms with van der Waals surface area (Å²) in [5.41, 5.74) is 4.29. The van der Waals surface area contributed by atoms with Crippen LogP contribution in [0.4, 0.5) is 0 Å². The molecule has 29 heavy (non-hydrogen) atoms. The second-order valence-electron chi connectivity index (χ2n) is 6.63. The smallest absolute Gasteiger partial charge is 0.240 e. The first-order chi connectivity index (χ1) is 14.0. The molecule has 5 nitrogen and oxygen atoms in total. The zero-order valence-corrected chi connectivity index (χ0v) is 18.4. The normalized spacial score (nSPS) is 10.6. The monoisotopic (exact) mass is 428 g/mol. The van der Waals surface area contributed by atoms with Gasteiger partial charge in [0.05, 0.1) is 19.9 Å². The number of amides is 1. The van der Waals surface area contributed by atoms with Gasteiger partial charge in [0.1, 0.15) is 6.54 Å². The summed E-state index contributed by atoms with van der Waals surface area (Å²) in [7, 11) is 3.22. The van der Waals surface area contributed by atoms with Crippen molar-refractivity contribution in [3.05, 3.63) is 62.9 Å². The van der Waals surface area contributed by atoms with Crippen LogP contribution in [-0.4, -0.2) is 31.2 Å². The molecule has 3 rings (SSSR count). The molecule has 1 heterocycles. The van der Waals surface area contributed by atoms with Gasteiger partial charge in [0, 0.05) is 11.9 Å². The molecule has 0 unspecified atom stereocenters. The highest BCUT2D eigenvalue weighted by atomic mass is 32.1. The predicted octanol–water partition coefficient (Wildman–Crippen LogP) is 4.63. The molecule has 2 aromatic carbocycles. The Morgan fingerprint density at radius 1 is 1.10 bits per heavy atom. The molecule has 0 spiro atoms. The highest BCUT2D eigenvalue weighted by Crippen LogP contribution is 2.27. The molecule has 0 fully saturated rings. The van der Waals surface area contributed by atoms with Crippen molar-refractivity contribution in [2.24, 2.45) is 0 Å². The summed E-state index contributed by atoms with van der Waals surface area (Å²) >= 11 is 6.91. The second kappa shape index (κ2) is 9.71. The van der Waals surface area contributed by atoms with Crippen molar-refractivity contribution < 1.29 is 14.3 Å². The maximum Gasteiger partial charge on any atom is 0.240 e. The molecule has 0 radical (unpaired) electrons. The van der Waals surface area contributed by atoms with Crippen molar-refractivity contribution in [2.75, 3.05) is 20.8 Å². The third-order valence-corrected chi connectivity index (χ3v) is 5.89. The Hall–Kier alpha value is -2.64. The molecule has 3 aromatic rings. The summed E-state index contributed by atoms with van der Waals surface area (Å²) < 4.78 is 13.2. The van der Waals surface area contributed by atoms with Gasteiger partial charge < -0.3 is 19.4 Å². The minimum absolute atomic E-state index is 0.0617. The predicted molar refractivity (Wildman–Crippen MR) is 120 cm³/mol. The lowest BCUT2D eigenvalue weighted by atomic mass is 10.1. The Balaban J connectivity index is 1.61. The van der Waals surface area contributed by atoms with Crippen molar-refractivity contribution in [1.29, 1.82) is 0 Å². The molecular formula is C22H24N2O3S2. The number of hydrogen-bond acceptors (Lipinski definition) is 5. The van der Waals surface area contributed by atoms with Gasteiger partial charge in [0.15, 0.2) is 15.5 Å². The number of ether oxygens (including phenoxy) is 2. The van der Waals surface area contributed by atoms with Crippen molar-refractivity contribution in [1.82, 2.24) is 9.88 Å². The Bertz CT molecular complexity index is 1040. The number of rotatable bonds is 8. The summed E-state index contributed by atoms with van der Waals surface area (Å²) in [5, 5.41) is 4.98. The zero-order valence-electron chi connectivity index (χ0n) is 16.7. The molecular weight excluding hydrogens is 404 g/mol. The Morgan fingerprint density at radius 2 is 1.83 bits per heavy atom. The molecule has 0 aliphatic heterocycles. The number of carbonyl (C=O) groups is 1. The number of benzene rings is 2. The maximum absolute atomic E-state index is 12.5. The van der Waals surface area contributed by atoms with Crippen LogP contribution in [0.1, 0.15) is 11.1 Å². The van der Waals surface area contributed by atoms with Crippen LogP contribution in [0.15, 0.2) is 47.8 Å². The highest BCUT2D eigenvalue weighted by molar-refractivity contribution is 7.73. The van der Waals surface area contributed by atoms with Gasteiger partial charge in [0.2, 0.25) is 5.91 Å². The number of nitrogens with one attached hydrogen (secondary N) is 1. The number of nitrogens with zero attached hydrogens (tertiary/aromatic N) is 1. The molecule has 0 saturated carbocycles. The van der Waals surface area contributed by atoms with Crippen LogP contribution in [0, 0.1) is 10.9 Å². The van der Waals surface area contributed by atoms with Gasteiger partial charge in [-0.1, -0.05) is 35.9 Å². The molecule has 1 N–H and O–H groups in total. The van der Waals surface area contributed by atoms with E-state index in [-0.39, 0.29) is 12.5 Å². The van der Waals surface area contributed by atoms with Gasteiger partial charge in [0.25, 0.3) is 0 Å². The van der Waals surface area contributed by atoms with E-state index in [1.165, 1.54) is 16.9 Å². The van der Waals surface area contributed by atoms with Crippen LogP contribution in [0.25, 0.3) is 11.3 Å². The van der Waals surface area contributed by atoms with Crippen LogP contribution in [0.2, 0.25) is 0 Å². The largest absolute Gasteiger partial charge is 0.493 e. The molecule has 0 saturated heterocycles. The minimum Gasteiger partial charge on any atom is -0.493 e. The van der Waals surface area contributed by atoms with Gasteiger partial charge in [-0.05, 0) is 48.8 Å². The summed E-state index contributed by atoms with van der Waals surface area (Å²) in [6.07, 6.45) is 0.700. The first-order valence-electron chi connectivity index (χ1n) is 9.24. The van der Waals surface area contributed by atoms with Gasteiger partial charge in [-0.3, -0.25) is 4.79 Å². The molecule has 152 valence electrons. The van der Waals surface area contributed by atoms with E-state index in [0.29, 0.717) is 28.4 Å². The summed E-state index contributed by atoms with van der Waals surface area (Å²) in [6.45, 7) is 2.79. The maximum atomic E-state index is 12.5. The molecule has 0 atom stereocenters. The lowest BCUT2D eigenvalue weighted by molar-refractivity contribution is -0.121. The number of carbonyl (C=O) groups excluding carboxylic acids is 1. The second-order valence-corrected chi connectivity index (χ2v) is 8.13. The van der Waals surface area contributed by atoms with E-state index < -0.39 is 0 Å². The van der Waals surface area contributed by atoms with E-state index in [4.69, 9.17) is 21.7 Å². The number of methoxy groups -OCH3 is 2. The summed E-state index contributed by atoms with van der Waals surface area (Å²) in [4.78, 5) is 12.5. The van der Waals surface area contributed by atoms with E-state index in [2.05, 4.69) is 36.5 Å². The van der Waals surface area contributed by atoms with Gasteiger partial charge >= 0.3 is 0 Å². The Morgan fingerprint density at radius 3 is 2.52 bits per heavy atom. The molecule has 0 aliphatic rings. The van der Waals surface area contributed by atoms with Crippen molar-refractivity contribution in [2.45, 2.75) is 19.9 Å². The van der Waals surface area contributed by atoms with Crippen molar-refractivity contribution in [3.63, 3.8) is 0 Å². The SMILES string of the molecule is COc1ccc(CCNC(=O)Cn2c(-c3ccc(C)cc3)csc2=S)cc1OC. The van der Waals surface area contributed by atoms with E-state index in [0.717, 1.165) is 16.8 Å². The van der Waals surface area contributed by atoms with Gasteiger partial charge in [-0.2, -0.15) is 0 Å². The Kier molecular flexibility index (Phi) is 7.06. The first kappa shape index (κ1) is 21.1. The van der Waals surface area contributed by atoms with Crippen LogP contribution in [0.3, 0.4) is 0 Å². The van der Waals surface area contributed by atoms with Crippen molar-refractivity contribution in [3.8, 4) is 22.8 Å². The van der Waals surface area contributed by atoms with E-state index in [1.807, 2.05) is 28.1 Å². The Labute approximate surface area is 179 Å². The average molecular weight is 429 g/mol. The van der Waals surface area contributed by atoms with E-state index >= 15 is 0 Å². The average Bonchev–Trinajstić information content (AvgIpc) is 3.08. The van der Waals surface area contributed by atoms with Crippen LogP contribution in [-0.2, 0) is 17.8 Å². The number of thiazole rings is 1. The first-order valence-corrected chi connectivity index (χ1v) is 10.5. The molecule has 1 aromatic heterocycles. The molecule has 0 aliphatic carbocycles. The van der Waals surface area contributed by atoms with E-state index in [1.54, 1.807) is 14.2 Å². The third kappa shape index (κ3) is 5.25. The lowest BCUT2D eigenvalue weighted by Gasteiger charge is -2.11. The van der Waals surface area contributed by atoms with Crippen molar-refractivity contribution >= 4 is 29.5 Å². The topological polar surface area (TPSA) is 52.5 Å². The quantitative estimate of drug-likeness (QED) is 0.532. The lowest BCUT2D eigenvalue weighted by Crippen LogP contribution is -2.29. The molecule has 7 heteroatoms. The fourth-order valence-electron chi connectivity index (χ4n) is 3.01. The van der Waals surface area contributed by atoms with Gasteiger partial charge in [-0.15, -0.1) is 11.3 Å². The number of hydrogen-bond donors (Lipinski definition) is 1. The third-order valence-electron chi connectivity index (χ3n) is 4.62. The molecule has 0 bridgehead atoms. The summed E-state index contributed by atoms with van der Waals surface area (Å²) in [6, 6.07) is 14.0. The fourth-order valence-corrected chi connectivity index (χ4v) is 4.08. The minimum atomic E-state index is -0.0617. The standard InChI is InChI=1S/C22H24N2O3S2/c1-15-4-7-17(8-5-15)18-14-29-22(28)24(18)13-21(25)23-11-10-16-6-9-19(26-2)20(12-16)27-3/h4-9,12,14H,10-11,13H2,1-3H3,(H,23,25).